The molecule has 1 saturated carbocycles. The second kappa shape index (κ2) is 4.62. The topological polar surface area (TPSA) is 55.1 Å². The number of hydrogen-bond acceptors (Lipinski definition) is 3. The van der Waals surface area contributed by atoms with Gasteiger partial charge in [-0.3, -0.25) is 4.79 Å². The fourth-order valence-electron chi connectivity index (χ4n) is 0.745. The molecule has 0 radical (unpaired) electrons. The summed E-state index contributed by atoms with van der Waals surface area (Å²) < 4.78 is 0. The van der Waals surface area contributed by atoms with Gasteiger partial charge in [0.2, 0.25) is 5.91 Å². The van der Waals surface area contributed by atoms with E-state index in [4.69, 9.17) is 5.73 Å². The second-order valence-electron chi connectivity index (χ2n) is 2.68. The maximum atomic E-state index is 11.0. The van der Waals surface area contributed by atoms with Crippen molar-refractivity contribution in [3.8, 4) is 0 Å². The van der Waals surface area contributed by atoms with E-state index in [0.29, 0.717) is 18.3 Å². The van der Waals surface area contributed by atoms with Gasteiger partial charge in [-0.2, -0.15) is 11.8 Å². The average Bonchev–Trinajstić information content (AvgIpc) is 2.72. The first-order chi connectivity index (χ1) is 5.33. The highest BCUT2D eigenvalue weighted by Crippen LogP contribution is 2.18. The fraction of sp³-hybridized carbons (Fsp3) is 0.857. The summed E-state index contributed by atoms with van der Waals surface area (Å²) in [6.07, 6.45) is 2.32. The molecule has 0 bridgehead atoms. The number of amides is 1. The molecule has 0 aromatic rings. The first-order valence-electron chi connectivity index (χ1n) is 3.90. The summed E-state index contributed by atoms with van der Waals surface area (Å²) >= 11 is 1.59. The molecular formula is C7H14N2OS. The Bertz CT molecular complexity index is 136. The van der Waals surface area contributed by atoms with Gasteiger partial charge in [-0.05, 0) is 12.8 Å². The van der Waals surface area contributed by atoms with E-state index in [-0.39, 0.29) is 5.91 Å². The van der Waals surface area contributed by atoms with Gasteiger partial charge in [0.05, 0.1) is 5.75 Å². The van der Waals surface area contributed by atoms with Gasteiger partial charge in [0.1, 0.15) is 0 Å². The van der Waals surface area contributed by atoms with E-state index in [1.165, 1.54) is 0 Å². The van der Waals surface area contributed by atoms with Crippen LogP contribution in [0.5, 0.6) is 0 Å². The zero-order valence-corrected chi connectivity index (χ0v) is 7.32. The molecule has 0 unspecified atom stereocenters. The number of hydrogen-bond donors (Lipinski definition) is 2. The van der Waals surface area contributed by atoms with Gasteiger partial charge in [0, 0.05) is 18.3 Å². The van der Waals surface area contributed by atoms with Gasteiger partial charge in [0.25, 0.3) is 0 Å². The molecule has 0 aromatic heterocycles. The number of nitrogens with one attached hydrogen (secondary N) is 1. The molecule has 0 heterocycles. The Morgan fingerprint density at radius 1 is 1.64 bits per heavy atom. The van der Waals surface area contributed by atoms with E-state index in [1.54, 1.807) is 11.8 Å². The van der Waals surface area contributed by atoms with Crippen molar-refractivity contribution in [2.75, 3.05) is 18.1 Å². The predicted molar refractivity (Wildman–Crippen MR) is 47.5 cm³/mol. The quantitative estimate of drug-likeness (QED) is 0.575. The van der Waals surface area contributed by atoms with Crippen LogP contribution in [0.15, 0.2) is 0 Å². The van der Waals surface area contributed by atoms with Crippen LogP contribution in [-0.2, 0) is 4.79 Å². The summed E-state index contributed by atoms with van der Waals surface area (Å²) in [5.41, 5.74) is 5.28. The standard InChI is InChI=1S/C7H14N2OS/c8-3-4-11-5-7(10)9-6-1-2-6/h6H,1-5,8H2,(H,9,10). The highest BCUT2D eigenvalue weighted by Gasteiger charge is 2.22. The van der Waals surface area contributed by atoms with E-state index in [0.717, 1.165) is 18.6 Å². The summed E-state index contributed by atoms with van der Waals surface area (Å²) in [6.45, 7) is 0.654. The lowest BCUT2D eigenvalue weighted by atomic mass is 10.6. The third-order valence-electron chi connectivity index (χ3n) is 1.44. The normalized spacial score (nSPS) is 16.5. The molecule has 3 nitrogen and oxygen atoms in total. The summed E-state index contributed by atoms with van der Waals surface area (Å²) in [7, 11) is 0. The second-order valence-corrected chi connectivity index (χ2v) is 3.79. The van der Waals surface area contributed by atoms with Gasteiger partial charge in [-0.15, -0.1) is 0 Å². The van der Waals surface area contributed by atoms with E-state index in [9.17, 15) is 4.79 Å². The smallest absolute Gasteiger partial charge is 0.230 e. The number of rotatable bonds is 5. The van der Waals surface area contributed by atoms with Crippen LogP contribution in [0, 0.1) is 0 Å². The Morgan fingerprint density at radius 2 is 2.36 bits per heavy atom. The van der Waals surface area contributed by atoms with Crippen LogP contribution in [0.2, 0.25) is 0 Å². The minimum absolute atomic E-state index is 0.158. The number of thioether (sulfide) groups is 1. The van der Waals surface area contributed by atoms with Crippen molar-refractivity contribution in [1.82, 2.24) is 5.32 Å². The summed E-state index contributed by atoms with van der Waals surface area (Å²) in [5.74, 6) is 1.59. The van der Waals surface area contributed by atoms with E-state index in [2.05, 4.69) is 5.32 Å². The number of carbonyl (C=O) groups excluding carboxylic acids is 1. The monoisotopic (exact) mass is 174 g/mol. The maximum Gasteiger partial charge on any atom is 0.230 e. The van der Waals surface area contributed by atoms with E-state index in [1.807, 2.05) is 0 Å². The van der Waals surface area contributed by atoms with Crippen LogP contribution < -0.4 is 11.1 Å². The van der Waals surface area contributed by atoms with Crippen LogP contribution in [0.1, 0.15) is 12.8 Å². The summed E-state index contributed by atoms with van der Waals surface area (Å²) in [4.78, 5) is 11.0. The maximum absolute atomic E-state index is 11.0. The van der Waals surface area contributed by atoms with Crippen molar-refractivity contribution in [3.05, 3.63) is 0 Å². The predicted octanol–water partition coefficient (Wildman–Crippen LogP) is -0.0431. The first-order valence-corrected chi connectivity index (χ1v) is 5.05. The van der Waals surface area contributed by atoms with E-state index >= 15 is 0 Å². The molecule has 3 N–H and O–H groups in total. The summed E-state index contributed by atoms with van der Waals surface area (Å²) in [6, 6.07) is 0.487. The molecule has 0 spiro atoms. The molecule has 0 saturated heterocycles. The van der Waals surface area contributed by atoms with Crippen molar-refractivity contribution < 1.29 is 4.79 Å². The third kappa shape index (κ3) is 4.27. The van der Waals surface area contributed by atoms with Crippen molar-refractivity contribution in [2.45, 2.75) is 18.9 Å². The van der Waals surface area contributed by atoms with Crippen molar-refractivity contribution >= 4 is 17.7 Å². The molecule has 1 rings (SSSR count). The molecule has 0 aromatic carbocycles. The number of nitrogens with two attached hydrogens (primary N) is 1. The largest absolute Gasteiger partial charge is 0.353 e. The van der Waals surface area contributed by atoms with E-state index < -0.39 is 0 Å². The summed E-state index contributed by atoms with van der Waals surface area (Å²) in [5, 5.41) is 2.91. The van der Waals surface area contributed by atoms with Crippen molar-refractivity contribution in [2.24, 2.45) is 5.73 Å². The van der Waals surface area contributed by atoms with Gasteiger partial charge >= 0.3 is 0 Å². The third-order valence-corrected chi connectivity index (χ3v) is 2.43. The SMILES string of the molecule is NCCSCC(=O)NC1CC1. The minimum Gasteiger partial charge on any atom is -0.353 e. The zero-order valence-electron chi connectivity index (χ0n) is 6.51. The number of carbonyl (C=O) groups is 1. The molecule has 11 heavy (non-hydrogen) atoms. The molecule has 1 amide bonds. The van der Waals surface area contributed by atoms with Gasteiger partial charge in [-0.1, -0.05) is 0 Å². The Kier molecular flexibility index (Phi) is 3.72. The highest BCUT2D eigenvalue weighted by molar-refractivity contribution is 7.99. The first kappa shape index (κ1) is 8.87. The molecule has 64 valence electrons. The van der Waals surface area contributed by atoms with Gasteiger partial charge in [0.15, 0.2) is 0 Å². The van der Waals surface area contributed by atoms with Crippen LogP contribution in [0.4, 0.5) is 0 Å². The minimum atomic E-state index is 0.158. The highest BCUT2D eigenvalue weighted by atomic mass is 32.2. The van der Waals surface area contributed by atoms with Crippen LogP contribution >= 0.6 is 11.8 Å². The molecule has 0 aliphatic heterocycles. The zero-order chi connectivity index (χ0) is 8.10. The Balaban J connectivity index is 1.92. The Morgan fingerprint density at radius 3 is 2.91 bits per heavy atom. The average molecular weight is 174 g/mol. The van der Waals surface area contributed by atoms with Crippen molar-refractivity contribution in [1.29, 1.82) is 0 Å². The van der Waals surface area contributed by atoms with Crippen LogP contribution in [0.25, 0.3) is 0 Å². The Hall–Kier alpha value is -0.220. The molecule has 1 fully saturated rings. The van der Waals surface area contributed by atoms with Gasteiger partial charge < -0.3 is 11.1 Å². The van der Waals surface area contributed by atoms with Crippen molar-refractivity contribution in [3.63, 3.8) is 0 Å². The lowest BCUT2D eigenvalue weighted by Gasteiger charge is -2.01. The molecular weight excluding hydrogens is 160 g/mol. The Labute approximate surface area is 71.1 Å². The lowest BCUT2D eigenvalue weighted by Crippen LogP contribution is -2.27. The van der Waals surface area contributed by atoms with Crippen LogP contribution in [0.3, 0.4) is 0 Å². The van der Waals surface area contributed by atoms with Gasteiger partial charge in [-0.25, -0.2) is 0 Å². The fourth-order valence-corrected chi connectivity index (χ4v) is 1.32. The lowest BCUT2D eigenvalue weighted by molar-refractivity contribution is -0.118. The molecule has 1 aliphatic carbocycles. The molecule has 4 heteroatoms. The van der Waals surface area contributed by atoms with Crippen LogP contribution in [-0.4, -0.2) is 30.0 Å². The molecule has 1 aliphatic rings. The molecule has 0 atom stereocenters.